The Labute approximate surface area is 153 Å². The van der Waals surface area contributed by atoms with Crippen LogP contribution in [0.2, 0.25) is 0 Å². The second kappa shape index (κ2) is 7.04. The van der Waals surface area contributed by atoms with Crippen molar-refractivity contribution < 1.29 is 9.53 Å². The summed E-state index contributed by atoms with van der Waals surface area (Å²) in [6.45, 7) is 6.25. The van der Waals surface area contributed by atoms with Gasteiger partial charge in [-0.2, -0.15) is 5.26 Å². The van der Waals surface area contributed by atoms with E-state index in [1.807, 2.05) is 35.2 Å². The molecule has 0 bridgehead atoms. The van der Waals surface area contributed by atoms with Crippen LogP contribution < -0.4 is 9.64 Å². The van der Waals surface area contributed by atoms with Gasteiger partial charge in [0.05, 0.1) is 18.2 Å². The number of ether oxygens (including phenoxy) is 1. The number of aromatic nitrogens is 1. The van der Waals surface area contributed by atoms with E-state index in [-0.39, 0.29) is 11.4 Å². The molecule has 0 N–H and O–H groups in total. The molecule has 0 spiro atoms. The predicted octanol–water partition coefficient (Wildman–Crippen LogP) is 2.70. The maximum absolute atomic E-state index is 12.8. The standard InChI is InChI=1S/C20H22N4O2/c1-20(2)14-23(19(25)15-4-5-16(12-21)22-13-15)10-11-24(20)17-6-8-18(26-3)9-7-17/h4-9,13H,10-11,14H2,1-3H3. The van der Waals surface area contributed by atoms with Crippen LogP contribution in [0.15, 0.2) is 42.6 Å². The fraction of sp³-hybridized carbons (Fsp3) is 0.350. The minimum atomic E-state index is -0.206. The molecule has 0 radical (unpaired) electrons. The van der Waals surface area contributed by atoms with Crippen LogP contribution in [0.1, 0.15) is 29.9 Å². The Kier molecular flexibility index (Phi) is 4.81. The predicted molar refractivity (Wildman–Crippen MR) is 99.3 cm³/mol. The molecule has 1 aromatic carbocycles. The van der Waals surface area contributed by atoms with E-state index in [1.54, 1.807) is 19.2 Å². The number of methoxy groups -OCH3 is 1. The lowest BCUT2D eigenvalue weighted by atomic mass is 9.97. The first-order chi connectivity index (χ1) is 12.4. The van der Waals surface area contributed by atoms with Gasteiger partial charge >= 0.3 is 0 Å². The van der Waals surface area contributed by atoms with Crippen LogP contribution in [0.4, 0.5) is 5.69 Å². The summed E-state index contributed by atoms with van der Waals surface area (Å²) in [6.07, 6.45) is 1.48. The molecule has 0 atom stereocenters. The number of pyridine rings is 1. The van der Waals surface area contributed by atoms with E-state index < -0.39 is 0 Å². The first-order valence-corrected chi connectivity index (χ1v) is 8.52. The molecule has 1 amide bonds. The molecule has 1 aromatic heterocycles. The molecule has 1 aliphatic heterocycles. The summed E-state index contributed by atoms with van der Waals surface area (Å²) in [5.74, 6) is 0.776. The maximum Gasteiger partial charge on any atom is 0.255 e. The van der Waals surface area contributed by atoms with Gasteiger partial charge in [0, 0.05) is 31.5 Å². The largest absolute Gasteiger partial charge is 0.497 e. The summed E-state index contributed by atoms with van der Waals surface area (Å²) in [4.78, 5) is 20.9. The van der Waals surface area contributed by atoms with Gasteiger partial charge in [0.15, 0.2) is 0 Å². The van der Waals surface area contributed by atoms with E-state index in [0.717, 1.165) is 18.0 Å². The van der Waals surface area contributed by atoms with Crippen LogP contribution in [0.25, 0.3) is 0 Å². The van der Waals surface area contributed by atoms with Crippen LogP contribution in [0, 0.1) is 11.3 Å². The molecule has 0 aliphatic carbocycles. The lowest BCUT2D eigenvalue weighted by Crippen LogP contribution is -2.60. The molecule has 2 aromatic rings. The van der Waals surface area contributed by atoms with Gasteiger partial charge in [-0.3, -0.25) is 4.79 Å². The van der Waals surface area contributed by atoms with Gasteiger partial charge in [0.1, 0.15) is 17.5 Å². The molecule has 134 valence electrons. The molecule has 6 heteroatoms. The fourth-order valence-corrected chi connectivity index (χ4v) is 3.34. The maximum atomic E-state index is 12.8. The zero-order chi connectivity index (χ0) is 18.7. The highest BCUT2D eigenvalue weighted by molar-refractivity contribution is 5.94. The Morgan fingerprint density at radius 1 is 1.19 bits per heavy atom. The average Bonchev–Trinajstić information content (AvgIpc) is 2.67. The third-order valence-corrected chi connectivity index (χ3v) is 4.70. The number of hydrogen-bond acceptors (Lipinski definition) is 5. The zero-order valence-corrected chi connectivity index (χ0v) is 15.3. The van der Waals surface area contributed by atoms with Gasteiger partial charge in [-0.15, -0.1) is 0 Å². The molecule has 1 saturated heterocycles. The Morgan fingerprint density at radius 3 is 2.46 bits per heavy atom. The molecule has 1 aliphatic rings. The Morgan fingerprint density at radius 2 is 1.92 bits per heavy atom. The number of carbonyl (C=O) groups excluding carboxylic acids is 1. The highest BCUT2D eigenvalue weighted by atomic mass is 16.5. The van der Waals surface area contributed by atoms with E-state index in [4.69, 9.17) is 10.00 Å². The number of amides is 1. The van der Waals surface area contributed by atoms with E-state index in [0.29, 0.717) is 24.3 Å². The Balaban J connectivity index is 1.74. The smallest absolute Gasteiger partial charge is 0.255 e. The molecule has 0 saturated carbocycles. The molecule has 6 nitrogen and oxygen atoms in total. The molecular formula is C20H22N4O2. The van der Waals surface area contributed by atoms with Gasteiger partial charge in [-0.25, -0.2) is 4.98 Å². The van der Waals surface area contributed by atoms with Crippen LogP contribution in [-0.4, -0.2) is 48.1 Å². The number of benzene rings is 1. The third-order valence-electron chi connectivity index (χ3n) is 4.70. The van der Waals surface area contributed by atoms with Crippen molar-refractivity contribution in [2.75, 3.05) is 31.6 Å². The molecule has 3 rings (SSSR count). The lowest BCUT2D eigenvalue weighted by molar-refractivity contribution is 0.0685. The van der Waals surface area contributed by atoms with Gasteiger partial charge in [0.2, 0.25) is 0 Å². The van der Waals surface area contributed by atoms with Crippen molar-refractivity contribution in [1.29, 1.82) is 5.26 Å². The van der Waals surface area contributed by atoms with Crippen LogP contribution in [-0.2, 0) is 0 Å². The second-order valence-corrected chi connectivity index (χ2v) is 6.93. The quantitative estimate of drug-likeness (QED) is 0.851. The molecular weight excluding hydrogens is 328 g/mol. The van der Waals surface area contributed by atoms with E-state index in [2.05, 4.69) is 23.7 Å². The van der Waals surface area contributed by atoms with Crippen molar-refractivity contribution in [3.05, 3.63) is 53.9 Å². The number of rotatable bonds is 3. The zero-order valence-electron chi connectivity index (χ0n) is 15.3. The Bertz CT molecular complexity index is 822. The monoisotopic (exact) mass is 350 g/mol. The molecule has 1 fully saturated rings. The third kappa shape index (κ3) is 3.47. The molecule has 26 heavy (non-hydrogen) atoms. The first kappa shape index (κ1) is 17.7. The minimum Gasteiger partial charge on any atom is -0.497 e. The number of piperazine rings is 1. The van der Waals surface area contributed by atoms with Crippen molar-refractivity contribution in [3.8, 4) is 11.8 Å². The summed E-state index contributed by atoms with van der Waals surface area (Å²) >= 11 is 0. The number of nitriles is 1. The van der Waals surface area contributed by atoms with Gasteiger partial charge in [-0.05, 0) is 50.2 Å². The van der Waals surface area contributed by atoms with Crippen LogP contribution in [0.5, 0.6) is 5.75 Å². The molecule has 2 heterocycles. The summed E-state index contributed by atoms with van der Waals surface area (Å²) in [5, 5.41) is 8.83. The Hall–Kier alpha value is -3.07. The van der Waals surface area contributed by atoms with Crippen molar-refractivity contribution in [3.63, 3.8) is 0 Å². The van der Waals surface area contributed by atoms with E-state index in [9.17, 15) is 4.79 Å². The van der Waals surface area contributed by atoms with Crippen LogP contribution >= 0.6 is 0 Å². The topological polar surface area (TPSA) is 69.5 Å². The minimum absolute atomic E-state index is 0.0514. The summed E-state index contributed by atoms with van der Waals surface area (Å²) in [5.41, 5.74) is 1.73. The van der Waals surface area contributed by atoms with Gasteiger partial charge in [-0.1, -0.05) is 0 Å². The number of nitrogens with zero attached hydrogens (tertiary/aromatic N) is 4. The number of hydrogen-bond donors (Lipinski definition) is 0. The second-order valence-electron chi connectivity index (χ2n) is 6.93. The van der Waals surface area contributed by atoms with Crippen molar-refractivity contribution in [2.24, 2.45) is 0 Å². The van der Waals surface area contributed by atoms with Crippen molar-refractivity contribution in [2.45, 2.75) is 19.4 Å². The number of carbonyl (C=O) groups is 1. The fourth-order valence-electron chi connectivity index (χ4n) is 3.34. The van der Waals surface area contributed by atoms with Crippen LogP contribution in [0.3, 0.4) is 0 Å². The number of anilines is 1. The summed E-state index contributed by atoms with van der Waals surface area (Å²) in [6, 6.07) is 13.2. The highest BCUT2D eigenvalue weighted by Crippen LogP contribution is 2.29. The lowest BCUT2D eigenvalue weighted by Gasteiger charge is -2.48. The van der Waals surface area contributed by atoms with Gasteiger partial charge in [0.25, 0.3) is 5.91 Å². The van der Waals surface area contributed by atoms with E-state index in [1.165, 1.54) is 6.20 Å². The van der Waals surface area contributed by atoms with Gasteiger partial charge < -0.3 is 14.5 Å². The summed E-state index contributed by atoms with van der Waals surface area (Å²) < 4.78 is 5.23. The van der Waals surface area contributed by atoms with Crippen molar-refractivity contribution in [1.82, 2.24) is 9.88 Å². The van der Waals surface area contributed by atoms with Crippen molar-refractivity contribution >= 4 is 11.6 Å². The summed E-state index contributed by atoms with van der Waals surface area (Å²) in [7, 11) is 1.65. The SMILES string of the molecule is COc1ccc(N2CCN(C(=O)c3ccc(C#N)nc3)CC2(C)C)cc1. The normalized spacial score (nSPS) is 16.1. The van der Waals surface area contributed by atoms with E-state index >= 15 is 0 Å². The average molecular weight is 350 g/mol. The molecule has 0 unspecified atom stereocenters. The first-order valence-electron chi connectivity index (χ1n) is 8.52. The highest BCUT2D eigenvalue weighted by Gasteiger charge is 2.36.